The molecule has 0 aromatic heterocycles. The number of amides is 1. The van der Waals surface area contributed by atoms with Gasteiger partial charge in [0.25, 0.3) is 11.6 Å². The predicted octanol–water partition coefficient (Wildman–Crippen LogP) is 3.39. The Morgan fingerprint density at radius 3 is 2.68 bits per heavy atom. The highest BCUT2D eigenvalue weighted by Gasteiger charge is 2.24. The van der Waals surface area contributed by atoms with Gasteiger partial charge < -0.3 is 4.90 Å². The molecule has 0 aliphatic carbocycles. The second-order valence-electron chi connectivity index (χ2n) is 4.24. The average molecular weight is 327 g/mol. The highest BCUT2D eigenvalue weighted by Crippen LogP contribution is 2.29. The zero-order valence-corrected chi connectivity index (χ0v) is 12.4. The molecule has 102 valence electrons. The van der Waals surface area contributed by atoms with E-state index in [-0.39, 0.29) is 27.7 Å². The van der Waals surface area contributed by atoms with Gasteiger partial charge in [-0.25, -0.2) is 0 Å². The number of hydrogen-bond acceptors (Lipinski definition) is 3. The Morgan fingerprint density at radius 2 is 2.21 bits per heavy atom. The molecule has 0 bridgehead atoms. The summed E-state index contributed by atoms with van der Waals surface area (Å²) in [6.45, 7) is 7.77. The Labute approximate surface area is 120 Å². The Hall–Kier alpha value is -1.69. The van der Waals surface area contributed by atoms with Gasteiger partial charge in [0, 0.05) is 18.7 Å². The average Bonchev–Trinajstić information content (AvgIpc) is 2.34. The summed E-state index contributed by atoms with van der Waals surface area (Å²) in [6.07, 6.45) is 1.63. The molecule has 6 heteroatoms. The maximum atomic E-state index is 12.4. The molecule has 0 aliphatic heterocycles. The van der Waals surface area contributed by atoms with Crippen LogP contribution >= 0.6 is 15.9 Å². The molecule has 19 heavy (non-hydrogen) atoms. The third-order valence-corrected chi connectivity index (χ3v) is 3.45. The first-order valence-electron chi connectivity index (χ1n) is 5.75. The van der Waals surface area contributed by atoms with Gasteiger partial charge in [0.2, 0.25) is 0 Å². The third-order valence-electron chi connectivity index (χ3n) is 2.62. The van der Waals surface area contributed by atoms with E-state index in [0.29, 0.717) is 6.54 Å². The first kappa shape index (κ1) is 15.4. The fraction of sp³-hybridized carbons (Fsp3) is 0.308. The molecule has 0 fully saturated rings. The summed E-state index contributed by atoms with van der Waals surface area (Å²) in [5, 5.41) is 10.9. The van der Waals surface area contributed by atoms with Crippen molar-refractivity contribution in [2.75, 3.05) is 6.54 Å². The van der Waals surface area contributed by atoms with Crippen LogP contribution in [0.4, 0.5) is 5.69 Å². The number of rotatable bonds is 5. The first-order chi connectivity index (χ1) is 8.90. The van der Waals surface area contributed by atoms with E-state index in [2.05, 4.69) is 22.5 Å². The largest absolute Gasteiger partial charge is 0.332 e. The number of hydrogen-bond donors (Lipinski definition) is 0. The van der Waals surface area contributed by atoms with E-state index < -0.39 is 4.92 Å². The first-order valence-corrected chi connectivity index (χ1v) is 6.54. The van der Waals surface area contributed by atoms with Crippen molar-refractivity contribution >= 4 is 27.5 Å². The van der Waals surface area contributed by atoms with E-state index in [1.165, 1.54) is 12.1 Å². The summed E-state index contributed by atoms with van der Waals surface area (Å²) in [5.74, 6) is -0.259. The Bertz CT molecular complexity index is 515. The maximum Gasteiger partial charge on any atom is 0.284 e. The summed E-state index contributed by atoms with van der Waals surface area (Å²) in [6, 6.07) is 4.41. The SMILES string of the molecule is C=CCN(C(=O)c1cccc([N+](=O)[O-])c1Br)C(C)C. The van der Waals surface area contributed by atoms with Crippen molar-refractivity contribution in [2.45, 2.75) is 19.9 Å². The van der Waals surface area contributed by atoms with Crippen molar-refractivity contribution in [3.63, 3.8) is 0 Å². The molecule has 5 nitrogen and oxygen atoms in total. The quantitative estimate of drug-likeness (QED) is 0.473. The van der Waals surface area contributed by atoms with Gasteiger partial charge in [-0.15, -0.1) is 6.58 Å². The number of benzene rings is 1. The van der Waals surface area contributed by atoms with Crippen LogP contribution in [0.25, 0.3) is 0 Å². The lowest BCUT2D eigenvalue weighted by molar-refractivity contribution is -0.385. The van der Waals surface area contributed by atoms with Crippen LogP contribution in [0.5, 0.6) is 0 Å². The Kier molecular flexibility index (Phi) is 5.23. The van der Waals surface area contributed by atoms with Crippen LogP contribution in [0.3, 0.4) is 0 Å². The molecule has 0 aliphatic rings. The lowest BCUT2D eigenvalue weighted by Crippen LogP contribution is -2.37. The summed E-state index contributed by atoms with van der Waals surface area (Å²) in [4.78, 5) is 24.3. The van der Waals surface area contributed by atoms with Gasteiger partial charge in [0.1, 0.15) is 4.47 Å². The van der Waals surface area contributed by atoms with Crippen molar-refractivity contribution in [1.29, 1.82) is 0 Å². The van der Waals surface area contributed by atoms with E-state index >= 15 is 0 Å². The Morgan fingerprint density at radius 1 is 1.58 bits per heavy atom. The van der Waals surface area contributed by atoms with E-state index in [0.717, 1.165) is 0 Å². The van der Waals surface area contributed by atoms with E-state index in [1.54, 1.807) is 17.0 Å². The normalized spacial score (nSPS) is 10.3. The van der Waals surface area contributed by atoms with Crippen LogP contribution in [0.1, 0.15) is 24.2 Å². The van der Waals surface area contributed by atoms with E-state index in [4.69, 9.17) is 0 Å². The minimum atomic E-state index is -0.520. The van der Waals surface area contributed by atoms with Crippen molar-refractivity contribution in [3.8, 4) is 0 Å². The standard InChI is InChI=1S/C13H15BrN2O3/c1-4-8-15(9(2)3)13(17)10-6-5-7-11(12(10)14)16(18)19/h4-7,9H,1,8H2,2-3H3. The highest BCUT2D eigenvalue weighted by atomic mass is 79.9. The van der Waals surface area contributed by atoms with Gasteiger partial charge in [-0.3, -0.25) is 14.9 Å². The molecule has 0 N–H and O–H groups in total. The van der Waals surface area contributed by atoms with Crippen molar-refractivity contribution in [3.05, 3.63) is 51.0 Å². The summed E-state index contributed by atoms with van der Waals surface area (Å²) < 4.78 is 0.208. The zero-order valence-electron chi connectivity index (χ0n) is 10.8. The topological polar surface area (TPSA) is 63.5 Å². The second kappa shape index (κ2) is 6.47. The summed E-state index contributed by atoms with van der Waals surface area (Å²) in [7, 11) is 0. The molecule has 0 radical (unpaired) electrons. The fourth-order valence-electron chi connectivity index (χ4n) is 1.65. The minimum Gasteiger partial charge on any atom is -0.332 e. The summed E-state index contributed by atoms with van der Waals surface area (Å²) in [5.41, 5.74) is 0.165. The predicted molar refractivity (Wildman–Crippen MR) is 77.2 cm³/mol. The number of carbonyl (C=O) groups excluding carboxylic acids is 1. The fourth-order valence-corrected chi connectivity index (χ4v) is 2.23. The van der Waals surface area contributed by atoms with Crippen LogP contribution in [0, 0.1) is 10.1 Å². The molecule has 0 unspecified atom stereocenters. The van der Waals surface area contributed by atoms with E-state index in [1.807, 2.05) is 13.8 Å². The molecule has 1 aromatic rings. The van der Waals surface area contributed by atoms with Crippen LogP contribution in [-0.4, -0.2) is 28.3 Å². The number of carbonyl (C=O) groups is 1. The molecular weight excluding hydrogens is 312 g/mol. The molecular formula is C13H15BrN2O3. The van der Waals surface area contributed by atoms with Gasteiger partial charge >= 0.3 is 0 Å². The van der Waals surface area contributed by atoms with E-state index in [9.17, 15) is 14.9 Å². The monoisotopic (exact) mass is 326 g/mol. The van der Waals surface area contributed by atoms with Crippen LogP contribution in [-0.2, 0) is 0 Å². The summed E-state index contributed by atoms with van der Waals surface area (Å²) >= 11 is 3.14. The lowest BCUT2D eigenvalue weighted by atomic mass is 10.1. The zero-order chi connectivity index (χ0) is 14.6. The minimum absolute atomic E-state index is 0.0170. The van der Waals surface area contributed by atoms with Crippen molar-refractivity contribution in [1.82, 2.24) is 4.90 Å². The smallest absolute Gasteiger partial charge is 0.284 e. The van der Waals surface area contributed by atoms with Crippen molar-refractivity contribution in [2.24, 2.45) is 0 Å². The molecule has 0 atom stereocenters. The van der Waals surface area contributed by atoms with Gasteiger partial charge in [-0.1, -0.05) is 12.1 Å². The van der Waals surface area contributed by atoms with Gasteiger partial charge in [-0.05, 0) is 35.8 Å². The van der Waals surface area contributed by atoms with Crippen LogP contribution < -0.4 is 0 Å². The molecule has 1 amide bonds. The van der Waals surface area contributed by atoms with Crippen LogP contribution in [0.2, 0.25) is 0 Å². The number of halogens is 1. The van der Waals surface area contributed by atoms with Gasteiger partial charge in [0.05, 0.1) is 10.5 Å². The highest BCUT2D eigenvalue weighted by molar-refractivity contribution is 9.10. The molecule has 0 spiro atoms. The maximum absolute atomic E-state index is 12.4. The number of nitro benzene ring substituents is 1. The van der Waals surface area contributed by atoms with Crippen molar-refractivity contribution < 1.29 is 9.72 Å². The molecule has 1 aromatic carbocycles. The van der Waals surface area contributed by atoms with Gasteiger partial charge in [-0.2, -0.15) is 0 Å². The molecule has 0 saturated heterocycles. The third kappa shape index (κ3) is 3.41. The molecule has 1 rings (SSSR count). The number of nitrogens with zero attached hydrogens (tertiary/aromatic N) is 2. The molecule has 0 saturated carbocycles. The lowest BCUT2D eigenvalue weighted by Gasteiger charge is -2.25. The van der Waals surface area contributed by atoms with Gasteiger partial charge in [0.15, 0.2) is 0 Å². The van der Waals surface area contributed by atoms with Crippen LogP contribution in [0.15, 0.2) is 35.3 Å². The second-order valence-corrected chi connectivity index (χ2v) is 5.03. The molecule has 0 heterocycles. The Balaban J connectivity index is 3.22. The number of nitro groups is 1.